The van der Waals surface area contributed by atoms with Crippen LogP contribution in [0.2, 0.25) is 0 Å². The van der Waals surface area contributed by atoms with Crippen molar-refractivity contribution in [2.24, 2.45) is 12.0 Å². The van der Waals surface area contributed by atoms with Crippen molar-refractivity contribution in [2.75, 3.05) is 18.0 Å². The summed E-state index contributed by atoms with van der Waals surface area (Å²) in [6.07, 6.45) is 4.98. The van der Waals surface area contributed by atoms with Crippen molar-refractivity contribution in [3.63, 3.8) is 0 Å². The Morgan fingerprint density at radius 3 is 2.95 bits per heavy atom. The van der Waals surface area contributed by atoms with Crippen LogP contribution in [-0.4, -0.2) is 23.6 Å². The van der Waals surface area contributed by atoms with Crippen molar-refractivity contribution >= 4 is 11.6 Å². The summed E-state index contributed by atoms with van der Waals surface area (Å²) < 4.78 is 4.88. The molecule has 0 fully saturated rings. The third kappa shape index (κ3) is 1.38. The Kier molecular flexibility index (Phi) is 2.38. The highest BCUT2D eigenvalue weighted by molar-refractivity contribution is 6.07. The molecule has 3 heterocycles. The molecule has 0 saturated heterocycles. The normalized spacial score (nSPS) is 18.5. The van der Waals surface area contributed by atoms with E-state index in [0.717, 1.165) is 19.0 Å². The van der Waals surface area contributed by atoms with Gasteiger partial charge in [0.1, 0.15) is 5.69 Å². The van der Waals surface area contributed by atoms with Crippen molar-refractivity contribution in [3.05, 3.63) is 35.2 Å². The van der Waals surface area contributed by atoms with Crippen LogP contribution in [0.5, 0.6) is 0 Å². The summed E-state index contributed by atoms with van der Waals surface area (Å²) in [5, 5.41) is 0. The van der Waals surface area contributed by atoms with E-state index < -0.39 is 0 Å². The zero-order chi connectivity index (χ0) is 14.8. The zero-order valence-corrected chi connectivity index (χ0v) is 13.3. The van der Waals surface area contributed by atoms with Crippen LogP contribution in [0.15, 0.2) is 23.2 Å². The molecular formula is C18H21N4+. The van der Waals surface area contributed by atoms with E-state index in [1.807, 2.05) is 0 Å². The molecule has 4 nitrogen and oxygen atoms in total. The molecule has 0 amide bonds. The van der Waals surface area contributed by atoms with Crippen LogP contribution in [-0.2, 0) is 19.9 Å². The van der Waals surface area contributed by atoms with Gasteiger partial charge in [0.2, 0.25) is 0 Å². The van der Waals surface area contributed by atoms with Gasteiger partial charge in [-0.15, -0.1) is 0 Å². The lowest BCUT2D eigenvalue weighted by atomic mass is 10.0. The number of rotatable bonds is 0. The van der Waals surface area contributed by atoms with Gasteiger partial charge in [0.25, 0.3) is 5.82 Å². The van der Waals surface area contributed by atoms with Crippen LogP contribution in [0.1, 0.15) is 29.8 Å². The fraction of sp³-hybridized carbons (Fsp3) is 0.444. The van der Waals surface area contributed by atoms with E-state index in [-0.39, 0.29) is 0 Å². The smallest absolute Gasteiger partial charge is 0.290 e. The molecule has 4 heteroatoms. The Bertz CT molecular complexity index is 828. The summed E-state index contributed by atoms with van der Waals surface area (Å²) in [5.74, 6) is 2.48. The summed E-state index contributed by atoms with van der Waals surface area (Å²) in [6.45, 7) is 4.13. The maximum atomic E-state index is 4.84. The van der Waals surface area contributed by atoms with Crippen LogP contribution < -0.4 is 9.47 Å². The minimum atomic E-state index is 0.902. The molecule has 0 saturated carbocycles. The first-order chi connectivity index (χ1) is 10.8. The second-order valence-corrected chi connectivity index (χ2v) is 6.62. The summed E-state index contributed by atoms with van der Waals surface area (Å²) in [7, 11) is 2.23. The second-order valence-electron chi connectivity index (χ2n) is 6.62. The van der Waals surface area contributed by atoms with Crippen LogP contribution in [0.25, 0.3) is 11.4 Å². The lowest BCUT2D eigenvalue weighted by Gasteiger charge is -2.26. The maximum Gasteiger partial charge on any atom is 0.302 e. The minimum absolute atomic E-state index is 0.902. The van der Waals surface area contributed by atoms with Crippen LogP contribution >= 0.6 is 0 Å². The highest BCUT2D eigenvalue weighted by Gasteiger charge is 2.43. The van der Waals surface area contributed by atoms with E-state index in [1.54, 1.807) is 0 Å². The number of aryl methyl sites for hydroxylation is 1. The maximum absolute atomic E-state index is 4.84. The predicted molar refractivity (Wildman–Crippen MR) is 87.5 cm³/mol. The average Bonchev–Trinajstić information content (AvgIpc) is 3.12. The second kappa shape index (κ2) is 4.22. The molecule has 0 spiro atoms. The van der Waals surface area contributed by atoms with Gasteiger partial charge in [-0.05, 0) is 31.4 Å². The molecule has 22 heavy (non-hydrogen) atoms. The molecular weight excluding hydrogens is 272 g/mol. The largest absolute Gasteiger partial charge is 0.302 e. The molecule has 0 atom stereocenters. The number of nitrogens with zero attached hydrogens (tertiary/aromatic N) is 4. The first-order valence-corrected chi connectivity index (χ1v) is 8.32. The van der Waals surface area contributed by atoms with Gasteiger partial charge in [-0.25, -0.2) is 9.56 Å². The number of benzene rings is 1. The van der Waals surface area contributed by atoms with E-state index in [4.69, 9.17) is 4.99 Å². The molecule has 2 aromatic rings. The number of fused-ring (bicyclic) bond motifs is 8. The first-order valence-electron chi connectivity index (χ1n) is 8.32. The SMILES string of the molecule is Cc1cccc2c1-c1n(c3c([n+]1C)CCCC3)C1=NCCN12. The molecule has 0 unspecified atom stereocenters. The molecule has 1 aliphatic carbocycles. The number of anilines is 1. The zero-order valence-electron chi connectivity index (χ0n) is 13.3. The molecule has 0 N–H and O–H groups in total. The Balaban J connectivity index is 1.92. The van der Waals surface area contributed by atoms with Gasteiger partial charge >= 0.3 is 5.96 Å². The molecule has 1 aromatic carbocycles. The van der Waals surface area contributed by atoms with E-state index in [9.17, 15) is 0 Å². The Hall–Kier alpha value is -2.10. The Morgan fingerprint density at radius 2 is 2.05 bits per heavy atom. The van der Waals surface area contributed by atoms with Crippen LogP contribution in [0.3, 0.4) is 0 Å². The molecule has 2 aliphatic heterocycles. The number of hydrogen-bond acceptors (Lipinski definition) is 2. The third-order valence-corrected chi connectivity index (χ3v) is 5.40. The van der Waals surface area contributed by atoms with Gasteiger partial charge in [-0.1, -0.05) is 12.1 Å². The first kappa shape index (κ1) is 12.4. The highest BCUT2D eigenvalue weighted by Crippen LogP contribution is 2.40. The Morgan fingerprint density at radius 1 is 1.18 bits per heavy atom. The number of imidazole rings is 1. The van der Waals surface area contributed by atoms with Crippen molar-refractivity contribution in [1.82, 2.24) is 4.57 Å². The van der Waals surface area contributed by atoms with Gasteiger partial charge in [-0.2, -0.15) is 4.57 Å². The van der Waals surface area contributed by atoms with Gasteiger partial charge in [0, 0.05) is 19.4 Å². The van der Waals surface area contributed by atoms with E-state index in [2.05, 4.69) is 46.2 Å². The van der Waals surface area contributed by atoms with Crippen molar-refractivity contribution in [2.45, 2.75) is 32.6 Å². The van der Waals surface area contributed by atoms with Crippen molar-refractivity contribution in [3.8, 4) is 11.4 Å². The lowest BCUT2D eigenvalue weighted by Crippen LogP contribution is -2.42. The fourth-order valence-corrected chi connectivity index (χ4v) is 4.40. The minimum Gasteiger partial charge on any atom is -0.290 e. The predicted octanol–water partition coefficient (Wildman–Crippen LogP) is 2.20. The summed E-state index contributed by atoms with van der Waals surface area (Å²) >= 11 is 0. The quantitative estimate of drug-likeness (QED) is 0.683. The van der Waals surface area contributed by atoms with Gasteiger partial charge in [-0.3, -0.25) is 4.90 Å². The topological polar surface area (TPSA) is 24.4 Å². The summed E-state index contributed by atoms with van der Waals surface area (Å²) in [4.78, 5) is 7.25. The molecule has 0 bridgehead atoms. The van der Waals surface area contributed by atoms with E-state index >= 15 is 0 Å². The number of aliphatic imine (C=N–C) groups is 1. The van der Waals surface area contributed by atoms with Crippen LogP contribution in [0.4, 0.5) is 5.69 Å². The van der Waals surface area contributed by atoms with E-state index in [1.165, 1.54) is 59.7 Å². The summed E-state index contributed by atoms with van der Waals surface area (Å²) in [6, 6.07) is 6.65. The lowest BCUT2D eigenvalue weighted by molar-refractivity contribution is -0.667. The number of hydrogen-bond donors (Lipinski definition) is 0. The molecule has 3 aliphatic rings. The number of aromatic nitrogens is 2. The average molecular weight is 293 g/mol. The third-order valence-electron chi connectivity index (χ3n) is 5.40. The molecule has 0 radical (unpaired) electrons. The van der Waals surface area contributed by atoms with Gasteiger partial charge in [0.15, 0.2) is 5.69 Å². The van der Waals surface area contributed by atoms with Gasteiger partial charge in [0.05, 0.1) is 24.8 Å². The highest BCUT2D eigenvalue weighted by atomic mass is 15.4. The molecule has 1 aromatic heterocycles. The Labute approximate surface area is 130 Å². The van der Waals surface area contributed by atoms with Crippen molar-refractivity contribution < 1.29 is 4.57 Å². The summed E-state index contributed by atoms with van der Waals surface area (Å²) in [5.41, 5.74) is 7.07. The fourth-order valence-electron chi connectivity index (χ4n) is 4.40. The van der Waals surface area contributed by atoms with Crippen molar-refractivity contribution in [1.29, 1.82) is 0 Å². The standard InChI is InChI=1S/C18H21N4/c1-12-6-5-9-15-16(12)17-20(2)13-7-3-4-8-14(13)22(17)18-19-10-11-21(15)18/h5-6,9H,3-4,7-8,10-11H2,1-2H3/q+1. The van der Waals surface area contributed by atoms with Gasteiger partial charge < -0.3 is 0 Å². The molecule has 5 rings (SSSR count). The van der Waals surface area contributed by atoms with Crippen LogP contribution in [0, 0.1) is 6.92 Å². The monoisotopic (exact) mass is 293 g/mol. The van der Waals surface area contributed by atoms with E-state index in [0.29, 0.717) is 0 Å². The molecule has 112 valence electrons.